The fourth-order valence-electron chi connectivity index (χ4n) is 1.61. The number of rotatable bonds is 2. The molecular weight excluding hydrogens is 208 g/mol. The number of carbonyl (C=O) groups excluding carboxylic acids is 2. The maximum absolute atomic E-state index is 11.6. The summed E-state index contributed by atoms with van der Waals surface area (Å²) in [6.07, 6.45) is 1.72. The van der Waals surface area contributed by atoms with Gasteiger partial charge in [-0.3, -0.25) is 14.5 Å². The minimum absolute atomic E-state index is 0.176. The Morgan fingerprint density at radius 3 is 2.88 bits per heavy atom. The van der Waals surface area contributed by atoms with Crippen LogP contribution in [-0.4, -0.2) is 34.8 Å². The second-order valence-electron chi connectivity index (χ2n) is 3.66. The average Bonchev–Trinajstić information content (AvgIpc) is 2.47. The standard InChI is InChI=1S/C10H12N4O2/c1-14-9(15)5-7(10(14)16)13-6-2-3-12-8(11)4-6/h2-4,7H,5H2,1H3,(H3,11,12,13). The van der Waals surface area contributed by atoms with Gasteiger partial charge in [0.05, 0.1) is 6.42 Å². The number of amides is 2. The summed E-state index contributed by atoms with van der Waals surface area (Å²) in [5, 5.41) is 2.96. The van der Waals surface area contributed by atoms with Gasteiger partial charge in [0.1, 0.15) is 11.9 Å². The Hall–Kier alpha value is -2.11. The third-order valence-corrected chi connectivity index (χ3v) is 2.50. The van der Waals surface area contributed by atoms with Crippen LogP contribution in [0.4, 0.5) is 11.5 Å². The molecule has 0 aromatic carbocycles. The molecule has 2 amide bonds. The molecule has 1 unspecified atom stereocenters. The van der Waals surface area contributed by atoms with Gasteiger partial charge in [-0.05, 0) is 6.07 Å². The molecular formula is C10H12N4O2. The van der Waals surface area contributed by atoms with Gasteiger partial charge >= 0.3 is 0 Å². The zero-order valence-electron chi connectivity index (χ0n) is 8.80. The molecule has 0 saturated carbocycles. The molecule has 1 aromatic heterocycles. The Bertz CT molecular complexity index is 446. The summed E-state index contributed by atoms with van der Waals surface area (Å²) < 4.78 is 0. The molecule has 1 atom stereocenters. The highest BCUT2D eigenvalue weighted by atomic mass is 16.2. The highest BCUT2D eigenvalue weighted by Crippen LogP contribution is 2.17. The first kappa shape index (κ1) is 10.4. The van der Waals surface area contributed by atoms with Gasteiger partial charge in [-0.25, -0.2) is 4.98 Å². The lowest BCUT2D eigenvalue weighted by atomic mass is 10.2. The highest BCUT2D eigenvalue weighted by Gasteiger charge is 2.35. The van der Waals surface area contributed by atoms with Crippen LogP contribution >= 0.6 is 0 Å². The summed E-state index contributed by atoms with van der Waals surface area (Å²) >= 11 is 0. The van der Waals surface area contributed by atoms with Crippen molar-refractivity contribution in [2.75, 3.05) is 18.1 Å². The molecule has 2 rings (SSSR count). The number of carbonyl (C=O) groups is 2. The van der Waals surface area contributed by atoms with Crippen LogP contribution in [0.3, 0.4) is 0 Å². The van der Waals surface area contributed by atoms with Gasteiger partial charge in [-0.1, -0.05) is 0 Å². The van der Waals surface area contributed by atoms with E-state index in [9.17, 15) is 9.59 Å². The molecule has 3 N–H and O–H groups in total. The van der Waals surface area contributed by atoms with E-state index in [-0.39, 0.29) is 18.2 Å². The third kappa shape index (κ3) is 1.81. The van der Waals surface area contributed by atoms with Crippen molar-refractivity contribution in [1.29, 1.82) is 0 Å². The third-order valence-electron chi connectivity index (χ3n) is 2.50. The van der Waals surface area contributed by atoms with E-state index < -0.39 is 6.04 Å². The molecule has 0 bridgehead atoms. The van der Waals surface area contributed by atoms with Crippen molar-refractivity contribution >= 4 is 23.3 Å². The van der Waals surface area contributed by atoms with Gasteiger partial charge in [0, 0.05) is 25.0 Å². The Labute approximate surface area is 92.4 Å². The largest absolute Gasteiger partial charge is 0.384 e. The number of hydrogen-bond acceptors (Lipinski definition) is 5. The Kier molecular flexibility index (Phi) is 2.47. The number of nitrogens with zero attached hydrogens (tertiary/aromatic N) is 2. The van der Waals surface area contributed by atoms with Gasteiger partial charge in [-0.2, -0.15) is 0 Å². The molecule has 1 aliphatic rings. The predicted octanol–water partition coefficient (Wildman–Crippen LogP) is -0.167. The van der Waals surface area contributed by atoms with Crippen LogP contribution in [0.2, 0.25) is 0 Å². The maximum Gasteiger partial charge on any atom is 0.251 e. The molecule has 6 heteroatoms. The zero-order chi connectivity index (χ0) is 11.7. The topological polar surface area (TPSA) is 88.3 Å². The molecule has 0 radical (unpaired) electrons. The van der Waals surface area contributed by atoms with Gasteiger partial charge < -0.3 is 11.1 Å². The minimum Gasteiger partial charge on any atom is -0.384 e. The Morgan fingerprint density at radius 2 is 2.31 bits per heavy atom. The first-order valence-electron chi connectivity index (χ1n) is 4.86. The number of hydrogen-bond donors (Lipinski definition) is 2. The van der Waals surface area contributed by atoms with Gasteiger partial charge in [0.2, 0.25) is 5.91 Å². The van der Waals surface area contributed by atoms with Crippen molar-refractivity contribution in [1.82, 2.24) is 9.88 Å². The van der Waals surface area contributed by atoms with E-state index in [0.717, 1.165) is 4.90 Å². The first-order chi connectivity index (χ1) is 7.58. The number of likely N-dealkylation sites (N-methyl/N-ethyl adjacent to an activating group) is 1. The second-order valence-corrected chi connectivity index (χ2v) is 3.66. The normalized spacial score (nSPS) is 20.3. The summed E-state index contributed by atoms with van der Waals surface area (Å²) in [5.74, 6) is -0.0277. The molecule has 84 valence electrons. The summed E-state index contributed by atoms with van der Waals surface area (Å²) in [6, 6.07) is 2.82. The number of imide groups is 1. The van der Waals surface area contributed by atoms with Crippen molar-refractivity contribution in [3.63, 3.8) is 0 Å². The van der Waals surface area contributed by atoms with E-state index in [2.05, 4.69) is 10.3 Å². The van der Waals surface area contributed by atoms with E-state index >= 15 is 0 Å². The number of aromatic nitrogens is 1. The molecule has 1 aliphatic heterocycles. The molecule has 16 heavy (non-hydrogen) atoms. The van der Waals surface area contributed by atoms with Crippen LogP contribution in [-0.2, 0) is 9.59 Å². The quantitative estimate of drug-likeness (QED) is 0.676. The first-order valence-corrected chi connectivity index (χ1v) is 4.86. The van der Waals surface area contributed by atoms with E-state index in [0.29, 0.717) is 11.5 Å². The smallest absolute Gasteiger partial charge is 0.251 e. The lowest BCUT2D eigenvalue weighted by Gasteiger charge is -2.12. The Balaban J connectivity index is 2.12. The van der Waals surface area contributed by atoms with E-state index in [1.165, 1.54) is 7.05 Å². The van der Waals surface area contributed by atoms with Gasteiger partial charge in [0.15, 0.2) is 0 Å². The van der Waals surface area contributed by atoms with Crippen LogP contribution in [0.15, 0.2) is 18.3 Å². The SMILES string of the molecule is CN1C(=O)CC(Nc2ccnc(N)c2)C1=O. The average molecular weight is 220 g/mol. The van der Waals surface area contributed by atoms with Crippen molar-refractivity contribution in [3.8, 4) is 0 Å². The van der Waals surface area contributed by atoms with E-state index in [1.807, 2.05) is 0 Å². The van der Waals surface area contributed by atoms with Crippen molar-refractivity contribution in [2.24, 2.45) is 0 Å². The molecule has 1 saturated heterocycles. The van der Waals surface area contributed by atoms with E-state index in [4.69, 9.17) is 5.73 Å². The molecule has 2 heterocycles. The zero-order valence-corrected chi connectivity index (χ0v) is 8.80. The number of nitrogens with two attached hydrogens (primary N) is 1. The molecule has 0 spiro atoms. The summed E-state index contributed by atoms with van der Waals surface area (Å²) in [7, 11) is 1.48. The van der Waals surface area contributed by atoms with Crippen molar-refractivity contribution in [2.45, 2.75) is 12.5 Å². The highest BCUT2D eigenvalue weighted by molar-refractivity contribution is 6.06. The summed E-state index contributed by atoms with van der Waals surface area (Å²) in [4.78, 5) is 27.8. The number of anilines is 2. The maximum atomic E-state index is 11.6. The monoisotopic (exact) mass is 220 g/mol. The fourth-order valence-corrected chi connectivity index (χ4v) is 1.61. The predicted molar refractivity (Wildman–Crippen MR) is 58.5 cm³/mol. The lowest BCUT2D eigenvalue weighted by Crippen LogP contribution is -2.31. The van der Waals surface area contributed by atoms with E-state index in [1.54, 1.807) is 18.3 Å². The van der Waals surface area contributed by atoms with Crippen LogP contribution in [0.1, 0.15) is 6.42 Å². The Morgan fingerprint density at radius 1 is 1.56 bits per heavy atom. The molecule has 1 aromatic rings. The molecule has 0 aliphatic carbocycles. The fraction of sp³-hybridized carbons (Fsp3) is 0.300. The summed E-state index contributed by atoms with van der Waals surface area (Å²) in [6.45, 7) is 0. The van der Waals surface area contributed by atoms with Crippen LogP contribution < -0.4 is 11.1 Å². The van der Waals surface area contributed by atoms with Gasteiger partial charge in [0.25, 0.3) is 5.91 Å². The number of nitrogens with one attached hydrogen (secondary N) is 1. The van der Waals surface area contributed by atoms with Crippen LogP contribution in [0, 0.1) is 0 Å². The van der Waals surface area contributed by atoms with Crippen LogP contribution in [0.25, 0.3) is 0 Å². The minimum atomic E-state index is -0.501. The number of likely N-dealkylation sites (tertiary alicyclic amines) is 1. The van der Waals surface area contributed by atoms with Crippen LogP contribution in [0.5, 0.6) is 0 Å². The van der Waals surface area contributed by atoms with Crippen molar-refractivity contribution < 1.29 is 9.59 Å². The molecule has 1 fully saturated rings. The second kappa shape index (κ2) is 3.80. The molecule has 6 nitrogen and oxygen atoms in total. The van der Waals surface area contributed by atoms with Gasteiger partial charge in [-0.15, -0.1) is 0 Å². The lowest BCUT2D eigenvalue weighted by molar-refractivity contribution is -0.136. The number of nitrogen functional groups attached to an aromatic ring is 1. The summed E-state index contributed by atoms with van der Waals surface area (Å²) in [5.41, 5.74) is 6.20. The number of pyridine rings is 1. The van der Waals surface area contributed by atoms with Crippen molar-refractivity contribution in [3.05, 3.63) is 18.3 Å².